The quantitative estimate of drug-likeness (QED) is 0.542. The van der Waals surface area contributed by atoms with Gasteiger partial charge in [-0.05, 0) is 42.3 Å². The molecule has 7 heteroatoms. The average Bonchev–Trinajstić information content (AvgIpc) is 2.86. The molecule has 1 aliphatic heterocycles. The van der Waals surface area contributed by atoms with Crippen LogP contribution in [0, 0.1) is 5.82 Å². The van der Waals surface area contributed by atoms with Gasteiger partial charge in [0.05, 0.1) is 18.0 Å². The number of halogens is 2. The minimum absolute atomic E-state index is 0.0214. The van der Waals surface area contributed by atoms with Gasteiger partial charge in [-0.1, -0.05) is 52.0 Å². The molecule has 0 aromatic heterocycles. The molecule has 0 aliphatic carbocycles. The number of carbonyl (C=O) groups is 1. The minimum atomic E-state index is -0.299. The third-order valence-corrected chi connectivity index (χ3v) is 5.20. The topological polar surface area (TPSA) is 45.0 Å². The van der Waals surface area contributed by atoms with Crippen LogP contribution in [-0.2, 0) is 11.3 Å². The van der Waals surface area contributed by atoms with Crippen molar-refractivity contribution < 1.29 is 9.18 Å². The molecule has 128 valence electrons. The van der Waals surface area contributed by atoms with Crippen molar-refractivity contribution >= 4 is 45.0 Å². The largest absolute Gasteiger partial charge is 0.284 e. The lowest BCUT2D eigenvalue weighted by Gasteiger charge is -2.15. The number of amidine groups is 1. The van der Waals surface area contributed by atoms with E-state index in [1.165, 1.54) is 23.9 Å². The van der Waals surface area contributed by atoms with Crippen LogP contribution in [0.25, 0.3) is 0 Å². The second-order valence-corrected chi connectivity index (χ2v) is 7.71. The van der Waals surface area contributed by atoms with Crippen molar-refractivity contribution in [3.8, 4) is 0 Å². The summed E-state index contributed by atoms with van der Waals surface area (Å²) in [6, 6.07) is 13.8. The molecule has 0 N–H and O–H groups in total. The third-order valence-electron chi connectivity index (χ3n) is 3.60. The van der Waals surface area contributed by atoms with E-state index in [0.717, 1.165) is 15.6 Å². The van der Waals surface area contributed by atoms with Gasteiger partial charge in [0, 0.05) is 4.47 Å². The molecule has 25 heavy (non-hydrogen) atoms. The smallest absolute Gasteiger partial charge is 0.242 e. The van der Waals surface area contributed by atoms with Crippen molar-refractivity contribution in [3.05, 3.63) is 69.9 Å². The van der Waals surface area contributed by atoms with Gasteiger partial charge in [0.25, 0.3) is 0 Å². The van der Waals surface area contributed by atoms with Crippen LogP contribution in [0.3, 0.4) is 0 Å². The van der Waals surface area contributed by atoms with Crippen LogP contribution in [0.1, 0.15) is 18.1 Å². The van der Waals surface area contributed by atoms with Crippen molar-refractivity contribution in [1.29, 1.82) is 0 Å². The minimum Gasteiger partial charge on any atom is -0.284 e. The first-order valence-corrected chi connectivity index (χ1v) is 9.29. The normalized spacial score (nSPS) is 19.3. The fourth-order valence-electron chi connectivity index (χ4n) is 2.28. The summed E-state index contributed by atoms with van der Waals surface area (Å²) in [5.41, 5.74) is 1.76. The molecule has 1 saturated heterocycles. The standard InChI is InChI=1S/C18H15BrFN3OS/c1-12-17(24)23(11-14-4-8-16(20)9-5-14)18(25-12)22-21-10-13-2-6-15(19)7-3-13/h2-10,12H,11H2,1H3/b21-10+,22-18+. The van der Waals surface area contributed by atoms with Gasteiger partial charge >= 0.3 is 0 Å². The highest BCUT2D eigenvalue weighted by Crippen LogP contribution is 2.28. The molecule has 1 heterocycles. The monoisotopic (exact) mass is 419 g/mol. The van der Waals surface area contributed by atoms with Gasteiger partial charge in [0.15, 0.2) is 5.17 Å². The Morgan fingerprint density at radius 2 is 1.88 bits per heavy atom. The summed E-state index contributed by atoms with van der Waals surface area (Å²) in [6.45, 7) is 2.19. The Bertz CT molecular complexity index is 821. The molecular formula is C18H15BrFN3OS. The lowest BCUT2D eigenvalue weighted by Crippen LogP contribution is -2.30. The molecular weight excluding hydrogens is 405 g/mol. The highest BCUT2D eigenvalue weighted by Gasteiger charge is 2.35. The first-order valence-electron chi connectivity index (χ1n) is 7.62. The molecule has 1 amide bonds. The molecule has 2 aromatic carbocycles. The van der Waals surface area contributed by atoms with Gasteiger partial charge in [-0.2, -0.15) is 5.10 Å². The van der Waals surface area contributed by atoms with E-state index in [4.69, 9.17) is 0 Å². The lowest BCUT2D eigenvalue weighted by molar-refractivity contribution is -0.126. The predicted octanol–water partition coefficient (Wildman–Crippen LogP) is 4.44. The number of benzene rings is 2. The number of nitrogens with zero attached hydrogens (tertiary/aromatic N) is 3. The summed E-state index contributed by atoms with van der Waals surface area (Å²) < 4.78 is 14.0. The van der Waals surface area contributed by atoms with Gasteiger partial charge in [0.2, 0.25) is 5.91 Å². The highest BCUT2D eigenvalue weighted by molar-refractivity contribution is 9.10. The molecule has 3 rings (SSSR count). The number of rotatable bonds is 4. The van der Waals surface area contributed by atoms with E-state index in [0.29, 0.717) is 11.7 Å². The molecule has 1 unspecified atom stereocenters. The first-order chi connectivity index (χ1) is 12.0. The molecule has 1 fully saturated rings. The Labute approximate surface area is 158 Å². The highest BCUT2D eigenvalue weighted by atomic mass is 79.9. The second kappa shape index (κ2) is 7.93. The van der Waals surface area contributed by atoms with Crippen LogP contribution in [-0.4, -0.2) is 27.4 Å². The Hall–Kier alpha value is -1.99. The maximum atomic E-state index is 13.0. The lowest BCUT2D eigenvalue weighted by atomic mass is 10.2. The van der Waals surface area contributed by atoms with Gasteiger partial charge in [0.1, 0.15) is 5.82 Å². The zero-order valence-electron chi connectivity index (χ0n) is 13.4. The van der Waals surface area contributed by atoms with E-state index in [1.807, 2.05) is 31.2 Å². The number of hydrogen-bond donors (Lipinski definition) is 0. The zero-order valence-corrected chi connectivity index (χ0v) is 15.8. The Morgan fingerprint density at radius 3 is 2.56 bits per heavy atom. The first kappa shape index (κ1) is 17.8. The van der Waals surface area contributed by atoms with Gasteiger partial charge in [-0.15, -0.1) is 5.10 Å². The molecule has 0 bridgehead atoms. The molecule has 0 radical (unpaired) electrons. The van der Waals surface area contributed by atoms with Crippen LogP contribution >= 0.6 is 27.7 Å². The Morgan fingerprint density at radius 1 is 1.20 bits per heavy atom. The summed E-state index contributed by atoms with van der Waals surface area (Å²) >= 11 is 4.75. The number of hydrogen-bond acceptors (Lipinski definition) is 4. The van der Waals surface area contributed by atoms with E-state index in [9.17, 15) is 9.18 Å². The van der Waals surface area contributed by atoms with Crippen LogP contribution < -0.4 is 0 Å². The molecule has 2 aromatic rings. The third kappa shape index (κ3) is 4.55. The average molecular weight is 420 g/mol. The summed E-state index contributed by atoms with van der Waals surface area (Å²) in [4.78, 5) is 13.9. The zero-order chi connectivity index (χ0) is 17.8. The van der Waals surface area contributed by atoms with E-state index < -0.39 is 0 Å². The van der Waals surface area contributed by atoms with Crippen LogP contribution in [0.2, 0.25) is 0 Å². The summed E-state index contributed by atoms with van der Waals surface area (Å²) in [5.74, 6) is -0.320. The fraction of sp³-hybridized carbons (Fsp3) is 0.167. The SMILES string of the molecule is CC1S/C(=N/N=C/c2ccc(Br)cc2)N(Cc2ccc(F)cc2)C1=O. The fourth-order valence-corrected chi connectivity index (χ4v) is 3.46. The summed E-state index contributed by atoms with van der Waals surface area (Å²) in [7, 11) is 0. The maximum Gasteiger partial charge on any atom is 0.242 e. The molecule has 0 spiro atoms. The van der Waals surface area contributed by atoms with Crippen molar-refractivity contribution in [2.24, 2.45) is 10.2 Å². The van der Waals surface area contributed by atoms with Crippen molar-refractivity contribution in [2.75, 3.05) is 0 Å². The summed E-state index contributed by atoms with van der Waals surface area (Å²) in [6.07, 6.45) is 1.64. The van der Waals surface area contributed by atoms with E-state index in [2.05, 4.69) is 26.1 Å². The second-order valence-electron chi connectivity index (χ2n) is 5.49. The predicted molar refractivity (Wildman–Crippen MR) is 103 cm³/mol. The maximum absolute atomic E-state index is 13.0. The molecule has 1 atom stereocenters. The van der Waals surface area contributed by atoms with Gasteiger partial charge in [-0.3, -0.25) is 9.69 Å². The van der Waals surface area contributed by atoms with Crippen molar-refractivity contribution in [1.82, 2.24) is 4.90 Å². The van der Waals surface area contributed by atoms with Crippen LogP contribution in [0.4, 0.5) is 4.39 Å². The number of thioether (sulfide) groups is 1. The Balaban J connectivity index is 1.76. The molecule has 0 saturated carbocycles. The van der Waals surface area contributed by atoms with E-state index >= 15 is 0 Å². The van der Waals surface area contributed by atoms with Crippen molar-refractivity contribution in [3.63, 3.8) is 0 Å². The van der Waals surface area contributed by atoms with Crippen molar-refractivity contribution in [2.45, 2.75) is 18.7 Å². The molecule has 1 aliphatic rings. The van der Waals surface area contributed by atoms with Crippen LogP contribution in [0.5, 0.6) is 0 Å². The Kier molecular flexibility index (Phi) is 5.65. The van der Waals surface area contributed by atoms with Crippen LogP contribution in [0.15, 0.2) is 63.2 Å². The van der Waals surface area contributed by atoms with Gasteiger partial charge in [-0.25, -0.2) is 4.39 Å². The van der Waals surface area contributed by atoms with E-state index in [-0.39, 0.29) is 17.0 Å². The van der Waals surface area contributed by atoms with E-state index in [1.54, 1.807) is 23.2 Å². The number of carbonyl (C=O) groups excluding carboxylic acids is 1. The van der Waals surface area contributed by atoms with Gasteiger partial charge < -0.3 is 0 Å². The number of amides is 1. The molecule has 4 nitrogen and oxygen atoms in total. The summed E-state index contributed by atoms with van der Waals surface area (Å²) in [5, 5.41) is 8.65.